The molecule has 0 fully saturated rings. The van der Waals surface area contributed by atoms with Gasteiger partial charge in [-0.15, -0.1) is 0 Å². The summed E-state index contributed by atoms with van der Waals surface area (Å²) in [7, 11) is 0. The van der Waals surface area contributed by atoms with Gasteiger partial charge in [-0.2, -0.15) is 0 Å². The van der Waals surface area contributed by atoms with E-state index in [2.05, 4.69) is 15.6 Å². The second-order valence-electron chi connectivity index (χ2n) is 3.19. The normalized spacial score (nSPS) is 14.6. The molecule has 1 aromatic carbocycles. The Morgan fingerprint density at radius 2 is 2.15 bits per heavy atom. The Balaban J connectivity index is 2.43. The van der Waals surface area contributed by atoms with Crippen molar-refractivity contribution in [3.8, 4) is 0 Å². The van der Waals surface area contributed by atoms with Crippen molar-refractivity contribution in [2.24, 2.45) is 5.73 Å². The third-order valence-corrected chi connectivity index (χ3v) is 2.41. The number of hydrogen-bond donors (Lipinski definition) is 1. The number of para-hydroxylation sites is 2. The van der Waals surface area contributed by atoms with Crippen LogP contribution in [0.1, 0.15) is 5.82 Å². The number of nitrogens with two attached hydrogens (primary N) is 1. The summed E-state index contributed by atoms with van der Waals surface area (Å²) in [5.41, 5.74) is 8.76. The van der Waals surface area contributed by atoms with Crippen LogP contribution in [0.4, 0.5) is 0 Å². The second kappa shape index (κ2) is 2.13. The van der Waals surface area contributed by atoms with Crippen molar-refractivity contribution in [2.75, 3.05) is 0 Å². The number of aromatic nitrogens is 2. The molecular weight excluding hydrogens is 162 g/mol. The summed E-state index contributed by atoms with van der Waals surface area (Å²) in [6.45, 7) is 0.849. The van der Waals surface area contributed by atoms with Crippen LogP contribution in [0.15, 0.2) is 30.3 Å². The van der Waals surface area contributed by atoms with Gasteiger partial charge in [0.15, 0.2) is 5.82 Å². The van der Waals surface area contributed by atoms with Crippen molar-refractivity contribution >= 4 is 16.7 Å². The zero-order valence-corrected chi connectivity index (χ0v) is 7.07. The molecule has 3 rings (SSSR count). The lowest BCUT2D eigenvalue weighted by molar-refractivity contribution is 0.866. The predicted molar refractivity (Wildman–Crippen MR) is 51.9 cm³/mol. The highest BCUT2D eigenvalue weighted by atomic mass is 15.1. The van der Waals surface area contributed by atoms with E-state index in [1.54, 1.807) is 0 Å². The van der Waals surface area contributed by atoms with Crippen molar-refractivity contribution in [3.05, 3.63) is 36.2 Å². The van der Waals surface area contributed by atoms with E-state index < -0.39 is 0 Å². The van der Waals surface area contributed by atoms with Crippen LogP contribution in [-0.2, 0) is 6.54 Å². The topological polar surface area (TPSA) is 43.8 Å². The maximum atomic E-state index is 5.79. The van der Waals surface area contributed by atoms with Crippen LogP contribution in [0, 0.1) is 0 Å². The quantitative estimate of drug-likeness (QED) is 0.650. The van der Waals surface area contributed by atoms with Crippen LogP contribution in [0.5, 0.6) is 0 Å². The first-order valence-corrected chi connectivity index (χ1v) is 4.27. The van der Waals surface area contributed by atoms with Crippen molar-refractivity contribution < 1.29 is 0 Å². The Labute approximate surface area is 75.5 Å². The second-order valence-corrected chi connectivity index (χ2v) is 3.19. The van der Waals surface area contributed by atoms with E-state index in [0.29, 0.717) is 0 Å². The highest BCUT2D eigenvalue weighted by Crippen LogP contribution is 2.23. The Bertz CT molecular complexity index is 508. The Morgan fingerprint density at radius 3 is 3.08 bits per heavy atom. The largest absolute Gasteiger partial charge is 0.396 e. The number of imidazole rings is 1. The lowest BCUT2D eigenvalue weighted by Gasteiger charge is -1.96. The van der Waals surface area contributed by atoms with Gasteiger partial charge in [0.25, 0.3) is 0 Å². The van der Waals surface area contributed by atoms with E-state index in [9.17, 15) is 0 Å². The van der Waals surface area contributed by atoms with Gasteiger partial charge in [0.2, 0.25) is 0 Å². The number of fused-ring (bicyclic) bond motifs is 3. The highest BCUT2D eigenvalue weighted by Gasteiger charge is 2.15. The SMILES string of the molecule is NC1=CCn2c1nc1ccccc12. The Kier molecular flexibility index (Phi) is 1.10. The van der Waals surface area contributed by atoms with Gasteiger partial charge in [-0.3, -0.25) is 0 Å². The van der Waals surface area contributed by atoms with Gasteiger partial charge in [0.05, 0.1) is 16.7 Å². The molecule has 2 aromatic rings. The molecule has 0 saturated heterocycles. The zero-order valence-electron chi connectivity index (χ0n) is 7.07. The molecule has 64 valence electrons. The summed E-state index contributed by atoms with van der Waals surface area (Å²) >= 11 is 0. The number of hydrogen-bond acceptors (Lipinski definition) is 2. The Hall–Kier alpha value is -1.77. The fraction of sp³-hybridized carbons (Fsp3) is 0.100. The van der Waals surface area contributed by atoms with Gasteiger partial charge in [-0.25, -0.2) is 4.98 Å². The number of nitrogens with zero attached hydrogens (tertiary/aromatic N) is 2. The zero-order chi connectivity index (χ0) is 8.84. The molecule has 0 saturated carbocycles. The maximum absolute atomic E-state index is 5.79. The number of rotatable bonds is 0. The highest BCUT2D eigenvalue weighted by molar-refractivity contribution is 5.80. The average Bonchev–Trinajstić information content (AvgIpc) is 2.67. The van der Waals surface area contributed by atoms with Crippen LogP contribution in [0.3, 0.4) is 0 Å². The molecule has 0 spiro atoms. The molecule has 1 aromatic heterocycles. The molecule has 3 heteroatoms. The van der Waals surface area contributed by atoms with Gasteiger partial charge >= 0.3 is 0 Å². The van der Waals surface area contributed by atoms with Crippen LogP contribution >= 0.6 is 0 Å². The molecule has 2 heterocycles. The van der Waals surface area contributed by atoms with Crippen molar-refractivity contribution in [1.82, 2.24) is 9.55 Å². The van der Waals surface area contributed by atoms with E-state index in [-0.39, 0.29) is 0 Å². The minimum Gasteiger partial charge on any atom is -0.396 e. The van der Waals surface area contributed by atoms with E-state index in [0.717, 1.165) is 29.1 Å². The van der Waals surface area contributed by atoms with Gasteiger partial charge in [0.1, 0.15) is 0 Å². The minimum atomic E-state index is 0.788. The monoisotopic (exact) mass is 171 g/mol. The van der Waals surface area contributed by atoms with E-state index in [4.69, 9.17) is 5.73 Å². The molecular formula is C10H9N3. The first-order valence-electron chi connectivity index (χ1n) is 4.27. The van der Waals surface area contributed by atoms with Crippen LogP contribution in [-0.4, -0.2) is 9.55 Å². The smallest absolute Gasteiger partial charge is 0.157 e. The summed E-state index contributed by atoms with van der Waals surface area (Å²) < 4.78 is 2.13. The molecule has 13 heavy (non-hydrogen) atoms. The standard InChI is InChI=1S/C10H9N3/c11-7-5-6-13-9-4-2-1-3-8(9)12-10(7)13/h1-5H,6,11H2. The molecule has 0 amide bonds. The first-order chi connectivity index (χ1) is 6.36. The number of allylic oxidation sites excluding steroid dienone is 1. The molecule has 1 aliphatic heterocycles. The van der Waals surface area contributed by atoms with Gasteiger partial charge in [0, 0.05) is 6.54 Å². The summed E-state index contributed by atoms with van der Waals surface area (Å²) in [6, 6.07) is 8.09. The fourth-order valence-electron chi connectivity index (χ4n) is 1.76. The van der Waals surface area contributed by atoms with Crippen LogP contribution in [0.25, 0.3) is 16.7 Å². The molecule has 3 nitrogen and oxygen atoms in total. The lowest BCUT2D eigenvalue weighted by Crippen LogP contribution is -1.97. The molecule has 0 aliphatic carbocycles. The summed E-state index contributed by atoms with van der Waals surface area (Å²) in [5.74, 6) is 0.904. The number of benzene rings is 1. The molecule has 0 bridgehead atoms. The van der Waals surface area contributed by atoms with E-state index in [1.807, 2.05) is 24.3 Å². The van der Waals surface area contributed by atoms with Gasteiger partial charge < -0.3 is 10.3 Å². The predicted octanol–water partition coefficient (Wildman–Crippen LogP) is 1.35. The van der Waals surface area contributed by atoms with Crippen LogP contribution < -0.4 is 5.73 Å². The molecule has 2 N–H and O–H groups in total. The van der Waals surface area contributed by atoms with Crippen molar-refractivity contribution in [1.29, 1.82) is 0 Å². The molecule has 0 radical (unpaired) electrons. The van der Waals surface area contributed by atoms with Crippen LogP contribution in [0.2, 0.25) is 0 Å². The summed E-state index contributed by atoms with van der Waals surface area (Å²) in [5, 5.41) is 0. The molecule has 0 unspecified atom stereocenters. The minimum absolute atomic E-state index is 0.788. The van der Waals surface area contributed by atoms with Crippen molar-refractivity contribution in [3.63, 3.8) is 0 Å². The lowest BCUT2D eigenvalue weighted by atomic mass is 10.3. The third-order valence-electron chi connectivity index (χ3n) is 2.41. The Morgan fingerprint density at radius 1 is 1.31 bits per heavy atom. The average molecular weight is 171 g/mol. The molecule has 1 aliphatic rings. The fourth-order valence-corrected chi connectivity index (χ4v) is 1.76. The van der Waals surface area contributed by atoms with Gasteiger partial charge in [-0.05, 0) is 18.2 Å². The van der Waals surface area contributed by atoms with E-state index in [1.165, 1.54) is 0 Å². The first kappa shape index (κ1) is 6.71. The third kappa shape index (κ3) is 0.758. The summed E-state index contributed by atoms with van der Waals surface area (Å²) in [6.07, 6.45) is 1.99. The van der Waals surface area contributed by atoms with E-state index >= 15 is 0 Å². The van der Waals surface area contributed by atoms with Gasteiger partial charge in [-0.1, -0.05) is 12.1 Å². The van der Waals surface area contributed by atoms with Crippen molar-refractivity contribution in [2.45, 2.75) is 6.54 Å². The molecule has 0 atom stereocenters. The maximum Gasteiger partial charge on any atom is 0.157 e. The summed E-state index contributed by atoms with van der Waals surface area (Å²) in [4.78, 5) is 4.44.